The molecule has 4 nitrogen and oxygen atoms in total. The maximum absolute atomic E-state index is 12.6. The lowest BCUT2D eigenvalue weighted by molar-refractivity contribution is -0.156. The third-order valence-electron chi connectivity index (χ3n) is 1.90. The molecule has 0 N–H and O–H groups in total. The Bertz CT molecular complexity index is 279. The molecule has 0 fully saturated rings. The van der Waals surface area contributed by atoms with Crippen LogP contribution in [0.4, 0.5) is 8.78 Å². The van der Waals surface area contributed by atoms with E-state index >= 15 is 0 Å². The summed E-state index contributed by atoms with van der Waals surface area (Å²) >= 11 is 0. The monoisotopic (exact) mass is 220 g/mol. The Balaban J connectivity index is 2.73. The van der Waals surface area contributed by atoms with E-state index < -0.39 is 12.5 Å². The lowest BCUT2D eigenvalue weighted by Crippen LogP contribution is -2.40. The fourth-order valence-corrected chi connectivity index (χ4v) is 1.29. The van der Waals surface area contributed by atoms with Gasteiger partial charge in [0.2, 0.25) is 0 Å². The van der Waals surface area contributed by atoms with Gasteiger partial charge in [0, 0.05) is 13.6 Å². The molecular weight excluding hydrogens is 206 g/mol. The first kappa shape index (κ1) is 11.9. The van der Waals surface area contributed by atoms with Crippen molar-refractivity contribution < 1.29 is 18.3 Å². The van der Waals surface area contributed by atoms with E-state index in [0.717, 1.165) is 0 Å². The number of ether oxygens (including phenoxy) is 1. The SMILES string of the molecule is CC(C)OC(=O)C1=CCN(C)N1C(F)F. The van der Waals surface area contributed by atoms with Gasteiger partial charge in [-0.2, -0.15) is 8.78 Å². The largest absolute Gasteiger partial charge is 0.458 e. The minimum atomic E-state index is -2.73. The van der Waals surface area contributed by atoms with Crippen molar-refractivity contribution >= 4 is 5.97 Å². The first-order chi connectivity index (χ1) is 6.93. The predicted octanol–water partition coefficient (Wildman–Crippen LogP) is 1.21. The Labute approximate surface area is 87.1 Å². The van der Waals surface area contributed by atoms with Crippen molar-refractivity contribution in [2.45, 2.75) is 26.5 Å². The fraction of sp³-hybridized carbons (Fsp3) is 0.667. The maximum Gasteiger partial charge on any atom is 0.356 e. The Morgan fingerprint density at radius 2 is 2.13 bits per heavy atom. The van der Waals surface area contributed by atoms with E-state index in [9.17, 15) is 13.6 Å². The average Bonchev–Trinajstić information content (AvgIpc) is 2.45. The van der Waals surface area contributed by atoms with Gasteiger partial charge >= 0.3 is 12.5 Å². The van der Waals surface area contributed by atoms with Gasteiger partial charge in [-0.1, -0.05) is 0 Å². The van der Waals surface area contributed by atoms with Crippen molar-refractivity contribution in [1.82, 2.24) is 10.0 Å². The second kappa shape index (κ2) is 4.57. The first-order valence-corrected chi connectivity index (χ1v) is 4.63. The molecule has 15 heavy (non-hydrogen) atoms. The highest BCUT2D eigenvalue weighted by Gasteiger charge is 2.33. The molecule has 0 aliphatic carbocycles. The van der Waals surface area contributed by atoms with Gasteiger partial charge < -0.3 is 4.74 Å². The van der Waals surface area contributed by atoms with Crippen LogP contribution in [-0.4, -0.2) is 42.2 Å². The van der Waals surface area contributed by atoms with E-state index in [2.05, 4.69) is 0 Å². The lowest BCUT2D eigenvalue weighted by Gasteiger charge is -2.27. The second-order valence-electron chi connectivity index (χ2n) is 3.51. The van der Waals surface area contributed by atoms with Gasteiger partial charge in [0.15, 0.2) is 0 Å². The van der Waals surface area contributed by atoms with Gasteiger partial charge in [0.25, 0.3) is 0 Å². The summed E-state index contributed by atoms with van der Waals surface area (Å²) in [5.41, 5.74) is -0.0961. The zero-order valence-corrected chi connectivity index (χ0v) is 8.91. The second-order valence-corrected chi connectivity index (χ2v) is 3.51. The number of hydrogen-bond donors (Lipinski definition) is 0. The summed E-state index contributed by atoms with van der Waals surface area (Å²) in [6.45, 7) is 0.893. The summed E-state index contributed by atoms with van der Waals surface area (Å²) in [6.07, 6.45) is 1.11. The molecule has 0 saturated heterocycles. The predicted molar refractivity (Wildman–Crippen MR) is 49.8 cm³/mol. The third kappa shape index (κ3) is 2.65. The molecule has 0 saturated carbocycles. The molecule has 1 aliphatic heterocycles. The van der Waals surface area contributed by atoms with Crippen LogP contribution in [0, 0.1) is 0 Å². The lowest BCUT2D eigenvalue weighted by atomic mass is 10.4. The number of hydrogen-bond acceptors (Lipinski definition) is 4. The van der Waals surface area contributed by atoms with E-state index in [4.69, 9.17) is 4.74 Å². The molecule has 0 atom stereocenters. The zero-order valence-electron chi connectivity index (χ0n) is 8.91. The van der Waals surface area contributed by atoms with Crippen molar-refractivity contribution in [1.29, 1.82) is 0 Å². The molecular formula is C9H14F2N2O2. The summed E-state index contributed by atoms with van der Waals surface area (Å²) in [7, 11) is 1.48. The van der Waals surface area contributed by atoms with Crippen LogP contribution in [0.3, 0.4) is 0 Å². The number of hydrazine groups is 1. The first-order valence-electron chi connectivity index (χ1n) is 4.63. The molecule has 6 heteroatoms. The van der Waals surface area contributed by atoms with Gasteiger partial charge in [-0.15, -0.1) is 0 Å². The number of esters is 1. The van der Waals surface area contributed by atoms with Crippen molar-refractivity contribution in [3.8, 4) is 0 Å². The Morgan fingerprint density at radius 1 is 1.53 bits per heavy atom. The van der Waals surface area contributed by atoms with Crippen LogP contribution in [0.5, 0.6) is 0 Å². The van der Waals surface area contributed by atoms with Crippen LogP contribution in [0.2, 0.25) is 0 Å². The topological polar surface area (TPSA) is 32.8 Å². The summed E-state index contributed by atoms with van der Waals surface area (Å²) in [5.74, 6) is -0.713. The standard InChI is InChI=1S/C9H14F2N2O2/c1-6(2)15-8(14)7-4-5-12(3)13(7)9(10)11/h4,6,9H,5H2,1-3H3. The van der Waals surface area contributed by atoms with E-state index in [-0.39, 0.29) is 18.3 Å². The average molecular weight is 220 g/mol. The number of alkyl halides is 2. The molecule has 0 bridgehead atoms. The number of rotatable bonds is 3. The molecule has 1 heterocycles. The van der Waals surface area contributed by atoms with Crippen molar-refractivity contribution in [3.05, 3.63) is 11.8 Å². The Kier molecular flexibility index (Phi) is 3.62. The van der Waals surface area contributed by atoms with E-state index in [0.29, 0.717) is 5.01 Å². The number of nitrogens with zero attached hydrogens (tertiary/aromatic N) is 2. The highest BCUT2D eigenvalue weighted by Crippen LogP contribution is 2.21. The molecule has 1 rings (SSSR count). The Morgan fingerprint density at radius 3 is 2.60 bits per heavy atom. The molecule has 86 valence electrons. The minimum absolute atomic E-state index is 0.0961. The molecule has 0 spiro atoms. The van der Waals surface area contributed by atoms with E-state index in [1.807, 2.05) is 0 Å². The van der Waals surface area contributed by atoms with E-state index in [1.165, 1.54) is 18.1 Å². The highest BCUT2D eigenvalue weighted by molar-refractivity contribution is 5.88. The summed E-state index contributed by atoms with van der Waals surface area (Å²) < 4.78 is 30.0. The maximum atomic E-state index is 12.6. The molecule has 0 radical (unpaired) electrons. The molecule has 0 unspecified atom stereocenters. The third-order valence-corrected chi connectivity index (χ3v) is 1.90. The summed E-state index contributed by atoms with van der Waals surface area (Å²) in [5, 5.41) is 1.90. The van der Waals surface area contributed by atoms with Crippen LogP contribution in [0.25, 0.3) is 0 Å². The zero-order chi connectivity index (χ0) is 11.6. The smallest absolute Gasteiger partial charge is 0.356 e. The van der Waals surface area contributed by atoms with Gasteiger partial charge in [0.1, 0.15) is 5.70 Å². The minimum Gasteiger partial charge on any atom is -0.458 e. The number of halogens is 2. The van der Waals surface area contributed by atoms with Crippen molar-refractivity contribution in [2.75, 3.05) is 13.6 Å². The normalized spacial score (nSPS) is 17.5. The molecule has 1 aliphatic rings. The molecule has 0 aromatic carbocycles. The van der Waals surface area contributed by atoms with Crippen molar-refractivity contribution in [3.63, 3.8) is 0 Å². The summed E-state index contributed by atoms with van der Waals surface area (Å²) in [4.78, 5) is 11.4. The fourth-order valence-electron chi connectivity index (χ4n) is 1.29. The quantitative estimate of drug-likeness (QED) is 0.528. The van der Waals surface area contributed by atoms with Crippen LogP contribution >= 0.6 is 0 Å². The van der Waals surface area contributed by atoms with Gasteiger partial charge in [-0.05, 0) is 19.9 Å². The highest BCUT2D eigenvalue weighted by atomic mass is 19.3. The summed E-state index contributed by atoms with van der Waals surface area (Å²) in [6, 6.07) is 0. The van der Waals surface area contributed by atoms with Gasteiger partial charge in [-0.25, -0.2) is 14.8 Å². The van der Waals surface area contributed by atoms with Gasteiger partial charge in [0.05, 0.1) is 6.10 Å². The number of likely N-dealkylation sites (N-methyl/N-ethyl adjacent to an activating group) is 1. The van der Waals surface area contributed by atoms with Crippen LogP contribution < -0.4 is 0 Å². The Hall–Kier alpha value is -1.17. The van der Waals surface area contributed by atoms with Crippen LogP contribution in [-0.2, 0) is 9.53 Å². The van der Waals surface area contributed by atoms with E-state index in [1.54, 1.807) is 13.8 Å². The molecule has 0 amide bonds. The molecule has 0 aromatic heterocycles. The number of carbonyl (C=O) groups is 1. The molecule has 0 aromatic rings. The number of carbonyl (C=O) groups excluding carboxylic acids is 1. The van der Waals surface area contributed by atoms with Crippen molar-refractivity contribution in [2.24, 2.45) is 0 Å². The van der Waals surface area contributed by atoms with Gasteiger partial charge in [-0.3, -0.25) is 0 Å². The van der Waals surface area contributed by atoms with Crippen LogP contribution in [0.15, 0.2) is 11.8 Å². The van der Waals surface area contributed by atoms with Crippen LogP contribution in [0.1, 0.15) is 13.8 Å².